The SMILES string of the molecule is NC(=O)c1ccc[n+](CC2O[C@H](COP(=O)(O)O)[C@@H](O)[C@H]2O)c1. The number of aliphatic hydroxyl groups excluding tert-OH is 2. The first-order chi connectivity index (χ1) is 10.7. The summed E-state index contributed by atoms with van der Waals surface area (Å²) in [5.41, 5.74) is 5.44. The number of phosphoric acid groups is 1. The Bertz CT molecular complexity index is 621. The molecule has 2 heterocycles. The largest absolute Gasteiger partial charge is 0.469 e. The third kappa shape index (κ3) is 4.79. The number of carbonyl (C=O) groups excluding carboxylic acids is 1. The van der Waals surface area contributed by atoms with Crippen molar-refractivity contribution in [1.82, 2.24) is 0 Å². The summed E-state index contributed by atoms with van der Waals surface area (Å²) in [6.45, 7) is -0.462. The first-order valence-corrected chi connectivity index (χ1v) is 8.21. The molecular weight excluding hydrogens is 331 g/mol. The fourth-order valence-corrected chi connectivity index (χ4v) is 2.61. The quantitative estimate of drug-likeness (QED) is 0.282. The highest BCUT2D eigenvalue weighted by Crippen LogP contribution is 2.37. The molecule has 1 fully saturated rings. The number of pyridine rings is 1. The predicted molar refractivity (Wildman–Crippen MR) is 73.8 cm³/mol. The molecule has 0 spiro atoms. The second-order valence-electron chi connectivity index (χ2n) is 5.13. The second kappa shape index (κ2) is 7.02. The van der Waals surface area contributed by atoms with E-state index >= 15 is 0 Å². The van der Waals surface area contributed by atoms with Crippen molar-refractivity contribution in [2.75, 3.05) is 6.61 Å². The highest BCUT2D eigenvalue weighted by molar-refractivity contribution is 7.46. The van der Waals surface area contributed by atoms with E-state index < -0.39 is 44.8 Å². The van der Waals surface area contributed by atoms with Crippen LogP contribution in [0.3, 0.4) is 0 Å². The number of nitrogens with two attached hydrogens (primary N) is 1. The van der Waals surface area contributed by atoms with E-state index in [0.717, 1.165) is 0 Å². The van der Waals surface area contributed by atoms with Gasteiger partial charge < -0.3 is 30.5 Å². The van der Waals surface area contributed by atoms with Crippen LogP contribution in [0.15, 0.2) is 24.5 Å². The first kappa shape index (κ1) is 18.0. The maximum Gasteiger partial charge on any atom is 0.469 e. The molecule has 0 bridgehead atoms. The fourth-order valence-electron chi connectivity index (χ4n) is 2.27. The van der Waals surface area contributed by atoms with Crippen molar-refractivity contribution >= 4 is 13.7 Å². The molecular formula is C12H18N2O8P+. The summed E-state index contributed by atoms with van der Waals surface area (Å²) in [5, 5.41) is 19.8. The number of hydrogen-bond donors (Lipinski definition) is 5. The Kier molecular flexibility index (Phi) is 5.48. The van der Waals surface area contributed by atoms with Gasteiger partial charge in [0.05, 0.1) is 6.61 Å². The van der Waals surface area contributed by atoms with Crippen LogP contribution < -0.4 is 10.3 Å². The van der Waals surface area contributed by atoms with Crippen molar-refractivity contribution < 1.29 is 43.2 Å². The van der Waals surface area contributed by atoms with Gasteiger partial charge in [-0.15, -0.1) is 0 Å². The van der Waals surface area contributed by atoms with Gasteiger partial charge in [0.1, 0.15) is 30.0 Å². The zero-order valence-electron chi connectivity index (χ0n) is 11.9. The summed E-state index contributed by atoms with van der Waals surface area (Å²) in [6.07, 6.45) is -1.47. The Morgan fingerprint density at radius 2 is 2.00 bits per heavy atom. The Morgan fingerprint density at radius 3 is 2.61 bits per heavy atom. The Hall–Kier alpha value is -1.39. The minimum Gasteiger partial charge on any atom is -0.387 e. The molecule has 6 N–H and O–H groups in total. The molecule has 1 aliphatic heterocycles. The molecule has 4 atom stereocenters. The number of hydrogen-bond acceptors (Lipinski definition) is 6. The van der Waals surface area contributed by atoms with E-state index in [1.54, 1.807) is 16.8 Å². The van der Waals surface area contributed by atoms with Crippen molar-refractivity contribution in [3.63, 3.8) is 0 Å². The summed E-state index contributed by atoms with van der Waals surface area (Å²) < 4.78 is 21.9. The smallest absolute Gasteiger partial charge is 0.387 e. The molecule has 23 heavy (non-hydrogen) atoms. The van der Waals surface area contributed by atoms with Crippen molar-refractivity contribution in [2.45, 2.75) is 31.0 Å². The predicted octanol–water partition coefficient (Wildman–Crippen LogP) is -2.33. The average Bonchev–Trinajstić information content (AvgIpc) is 2.73. The molecule has 11 heteroatoms. The number of ether oxygens (including phenoxy) is 1. The van der Waals surface area contributed by atoms with Gasteiger partial charge in [-0.05, 0) is 6.07 Å². The lowest BCUT2D eigenvalue weighted by Crippen LogP contribution is -2.45. The summed E-state index contributed by atoms with van der Waals surface area (Å²) in [5.74, 6) is -0.611. The minimum absolute atomic E-state index is 0.103. The zero-order valence-corrected chi connectivity index (χ0v) is 12.8. The van der Waals surface area contributed by atoms with Crippen molar-refractivity contribution in [3.8, 4) is 0 Å². The van der Waals surface area contributed by atoms with Crippen LogP contribution in [0.4, 0.5) is 0 Å². The van der Waals surface area contributed by atoms with Crippen LogP contribution >= 0.6 is 7.82 Å². The first-order valence-electron chi connectivity index (χ1n) is 6.68. The molecule has 0 saturated carbocycles. The van der Waals surface area contributed by atoms with Crippen LogP contribution in [0.25, 0.3) is 0 Å². The van der Waals surface area contributed by atoms with Gasteiger partial charge in [-0.25, -0.2) is 9.13 Å². The molecule has 0 radical (unpaired) electrons. The van der Waals surface area contributed by atoms with E-state index in [-0.39, 0.29) is 12.1 Å². The maximum atomic E-state index is 11.1. The van der Waals surface area contributed by atoms with Crippen LogP contribution in [0.5, 0.6) is 0 Å². The number of aromatic nitrogens is 1. The molecule has 1 aliphatic rings. The van der Waals surface area contributed by atoms with E-state index in [1.807, 2.05) is 0 Å². The maximum absolute atomic E-state index is 11.1. The highest BCUT2D eigenvalue weighted by Gasteiger charge is 2.45. The van der Waals surface area contributed by atoms with Crippen LogP contribution in [-0.2, 0) is 20.4 Å². The standard InChI is InChI=1S/C12H17N2O8P/c13-12(17)7-2-1-3-14(4-7)5-8-10(15)11(16)9(22-8)6-21-23(18,19)20/h1-4,8-11,15-16H,5-6H2,(H3-,13,17,18,19,20)/p+1/t8?,9-,10+,11-/m1/s1. The Balaban J connectivity index is 2.02. The third-order valence-electron chi connectivity index (χ3n) is 3.40. The number of phosphoric ester groups is 1. The van der Waals surface area contributed by atoms with Crippen molar-refractivity contribution in [2.24, 2.45) is 5.73 Å². The van der Waals surface area contributed by atoms with Crippen LogP contribution in [0, 0.1) is 0 Å². The lowest BCUT2D eigenvalue weighted by molar-refractivity contribution is -0.704. The molecule has 10 nitrogen and oxygen atoms in total. The van der Waals surface area contributed by atoms with Gasteiger partial charge in [0, 0.05) is 6.07 Å². The normalized spacial score (nSPS) is 28.0. The highest BCUT2D eigenvalue weighted by atomic mass is 31.2. The lowest BCUT2D eigenvalue weighted by atomic mass is 10.1. The van der Waals surface area contributed by atoms with Gasteiger partial charge in [0.2, 0.25) is 0 Å². The van der Waals surface area contributed by atoms with Gasteiger partial charge in [0.15, 0.2) is 18.9 Å². The van der Waals surface area contributed by atoms with E-state index in [9.17, 15) is 19.6 Å². The minimum atomic E-state index is -4.70. The number of aliphatic hydroxyl groups is 2. The molecule has 1 unspecified atom stereocenters. The summed E-state index contributed by atoms with van der Waals surface area (Å²) in [4.78, 5) is 28.4. The number of primary amides is 1. The summed E-state index contributed by atoms with van der Waals surface area (Å²) >= 11 is 0. The Morgan fingerprint density at radius 1 is 1.35 bits per heavy atom. The van der Waals surface area contributed by atoms with Crippen LogP contribution in [-0.4, -0.2) is 56.9 Å². The molecule has 1 aromatic heterocycles. The van der Waals surface area contributed by atoms with Crippen molar-refractivity contribution in [3.05, 3.63) is 30.1 Å². The molecule has 1 saturated heterocycles. The van der Waals surface area contributed by atoms with Gasteiger partial charge in [-0.3, -0.25) is 9.32 Å². The summed E-state index contributed by atoms with van der Waals surface area (Å²) in [6, 6.07) is 3.11. The van der Waals surface area contributed by atoms with Gasteiger partial charge in [0.25, 0.3) is 5.91 Å². The lowest BCUT2D eigenvalue weighted by Gasteiger charge is -2.14. The van der Waals surface area contributed by atoms with E-state index in [4.69, 9.17) is 20.3 Å². The second-order valence-corrected chi connectivity index (χ2v) is 6.37. The Labute approximate surface area is 131 Å². The van der Waals surface area contributed by atoms with Gasteiger partial charge in [-0.2, -0.15) is 0 Å². The van der Waals surface area contributed by atoms with E-state index in [1.165, 1.54) is 12.3 Å². The molecule has 0 aromatic carbocycles. The molecule has 1 aromatic rings. The average molecular weight is 349 g/mol. The number of nitrogens with zero attached hydrogens (tertiary/aromatic N) is 1. The monoisotopic (exact) mass is 349 g/mol. The van der Waals surface area contributed by atoms with Crippen molar-refractivity contribution in [1.29, 1.82) is 0 Å². The van der Waals surface area contributed by atoms with E-state index in [2.05, 4.69) is 4.52 Å². The molecule has 0 aliphatic carbocycles. The van der Waals surface area contributed by atoms with Crippen LogP contribution in [0.2, 0.25) is 0 Å². The molecule has 2 rings (SSSR count). The third-order valence-corrected chi connectivity index (χ3v) is 3.89. The number of rotatable bonds is 6. The van der Waals surface area contributed by atoms with Gasteiger partial charge in [-0.1, -0.05) is 0 Å². The number of carbonyl (C=O) groups is 1. The van der Waals surface area contributed by atoms with E-state index in [0.29, 0.717) is 0 Å². The van der Waals surface area contributed by atoms with Gasteiger partial charge >= 0.3 is 7.82 Å². The number of amides is 1. The summed E-state index contributed by atoms with van der Waals surface area (Å²) in [7, 11) is -4.70. The molecule has 128 valence electrons. The van der Waals surface area contributed by atoms with Crippen LogP contribution in [0.1, 0.15) is 10.4 Å². The topological polar surface area (TPSA) is 163 Å². The molecule has 1 amide bonds. The zero-order chi connectivity index (χ0) is 17.2. The fraction of sp³-hybridized carbons (Fsp3) is 0.500.